The van der Waals surface area contributed by atoms with Gasteiger partial charge in [-0.15, -0.1) is 0 Å². The first-order valence-corrected chi connectivity index (χ1v) is 10.5. The van der Waals surface area contributed by atoms with E-state index in [0.717, 1.165) is 18.4 Å². The average molecular weight is 423 g/mol. The lowest BCUT2D eigenvalue weighted by atomic mass is 10.2. The Bertz CT molecular complexity index is 779. The van der Waals surface area contributed by atoms with Gasteiger partial charge in [-0.05, 0) is 28.1 Å². The van der Waals surface area contributed by atoms with Crippen LogP contribution in [-0.4, -0.2) is 41.3 Å². The van der Waals surface area contributed by atoms with Crippen molar-refractivity contribution in [1.82, 2.24) is 5.32 Å². The van der Waals surface area contributed by atoms with Crippen LogP contribution >= 0.6 is 26.6 Å². The summed E-state index contributed by atoms with van der Waals surface area (Å²) in [6.45, 7) is -0.162. The predicted octanol–water partition coefficient (Wildman–Crippen LogP) is 1.29. The summed E-state index contributed by atoms with van der Waals surface area (Å²) in [5.74, 6) is -2.14. The predicted molar refractivity (Wildman–Crippen MR) is 79.2 cm³/mol. The van der Waals surface area contributed by atoms with Gasteiger partial charge in [-0.3, -0.25) is 4.79 Å². The number of rotatable bonds is 5. The number of carbonyl (C=O) groups excluding carboxylic acids is 1. The maximum absolute atomic E-state index is 13.5. The molecular formula is C10H10BrClFNO5S2. The van der Waals surface area contributed by atoms with Crippen LogP contribution in [0.4, 0.5) is 4.39 Å². The minimum Gasteiger partial charge on any atom is -0.351 e. The molecule has 0 heterocycles. The topological polar surface area (TPSA) is 97.4 Å². The number of nitrogens with one attached hydrogen (secondary N) is 1. The van der Waals surface area contributed by atoms with Gasteiger partial charge >= 0.3 is 0 Å². The molecular weight excluding hydrogens is 413 g/mol. The van der Waals surface area contributed by atoms with Crippen LogP contribution in [-0.2, 0) is 18.9 Å². The SMILES string of the molecule is CS(=O)(=O)CCNC(=O)c1cc(S(=O)(=O)Cl)c(F)cc1Br. The molecule has 0 unspecified atom stereocenters. The molecule has 0 radical (unpaired) electrons. The Morgan fingerprint density at radius 3 is 2.38 bits per heavy atom. The number of carbonyl (C=O) groups is 1. The van der Waals surface area contributed by atoms with E-state index in [0.29, 0.717) is 0 Å². The zero-order valence-corrected chi connectivity index (χ0v) is 14.5. The fourth-order valence-corrected chi connectivity index (χ4v) is 3.21. The van der Waals surface area contributed by atoms with Crippen LogP contribution in [0.3, 0.4) is 0 Å². The fraction of sp³-hybridized carbons (Fsp3) is 0.300. The van der Waals surface area contributed by atoms with E-state index < -0.39 is 35.5 Å². The van der Waals surface area contributed by atoms with Crippen LogP contribution in [0, 0.1) is 5.82 Å². The third kappa shape index (κ3) is 5.53. The lowest BCUT2D eigenvalue weighted by molar-refractivity contribution is 0.0955. The van der Waals surface area contributed by atoms with Gasteiger partial charge in [0.05, 0.1) is 11.3 Å². The normalized spacial score (nSPS) is 12.2. The quantitative estimate of drug-likeness (QED) is 0.721. The highest BCUT2D eigenvalue weighted by atomic mass is 79.9. The van der Waals surface area contributed by atoms with E-state index in [1.165, 1.54) is 0 Å². The Kier molecular flexibility index (Phi) is 5.76. The van der Waals surface area contributed by atoms with Crippen molar-refractivity contribution >= 4 is 51.4 Å². The van der Waals surface area contributed by atoms with E-state index in [2.05, 4.69) is 21.2 Å². The van der Waals surface area contributed by atoms with Gasteiger partial charge in [0.1, 0.15) is 20.5 Å². The van der Waals surface area contributed by atoms with Gasteiger partial charge in [0.25, 0.3) is 15.0 Å². The van der Waals surface area contributed by atoms with Gasteiger partial charge in [0.2, 0.25) is 0 Å². The third-order valence-electron chi connectivity index (χ3n) is 2.29. The summed E-state index contributed by atoms with van der Waals surface area (Å²) in [6.07, 6.45) is 1.01. The largest absolute Gasteiger partial charge is 0.351 e. The van der Waals surface area contributed by atoms with Crippen molar-refractivity contribution in [3.05, 3.63) is 28.0 Å². The Balaban J connectivity index is 3.05. The third-order valence-corrected chi connectivity index (χ3v) is 5.23. The highest BCUT2D eigenvalue weighted by Gasteiger charge is 2.21. The summed E-state index contributed by atoms with van der Waals surface area (Å²) in [6, 6.07) is 1.57. The van der Waals surface area contributed by atoms with Crippen molar-refractivity contribution < 1.29 is 26.0 Å². The number of amides is 1. The molecule has 0 fully saturated rings. The zero-order chi connectivity index (χ0) is 16.4. The molecule has 1 rings (SSSR count). The van der Waals surface area contributed by atoms with Crippen LogP contribution in [0.1, 0.15) is 10.4 Å². The maximum atomic E-state index is 13.5. The van der Waals surface area contributed by atoms with E-state index >= 15 is 0 Å². The molecule has 1 aromatic rings. The van der Waals surface area contributed by atoms with Gasteiger partial charge in [0.15, 0.2) is 0 Å². The molecule has 0 saturated carbocycles. The standard InChI is InChI=1S/C10H10BrClFNO5S2/c1-20(16,17)3-2-14-10(15)6-4-9(21(12,18)19)8(13)5-7(6)11/h4-5H,2-3H2,1H3,(H,14,15). The average Bonchev–Trinajstić information content (AvgIpc) is 2.24. The summed E-state index contributed by atoms with van der Waals surface area (Å²) < 4.78 is 57.8. The van der Waals surface area contributed by atoms with Crippen molar-refractivity contribution in [2.75, 3.05) is 18.6 Å². The summed E-state index contributed by atoms with van der Waals surface area (Å²) in [4.78, 5) is 11.0. The summed E-state index contributed by atoms with van der Waals surface area (Å²) in [5.41, 5.74) is -0.177. The second-order valence-electron chi connectivity index (χ2n) is 4.09. The van der Waals surface area contributed by atoms with Gasteiger partial charge in [-0.25, -0.2) is 21.2 Å². The molecule has 0 spiro atoms. The summed E-state index contributed by atoms with van der Waals surface area (Å²) >= 11 is 2.92. The Morgan fingerprint density at radius 2 is 1.90 bits per heavy atom. The second kappa shape index (κ2) is 6.59. The van der Waals surface area contributed by atoms with Crippen molar-refractivity contribution in [3.63, 3.8) is 0 Å². The first kappa shape index (κ1) is 18.3. The minimum absolute atomic E-state index is 0.0147. The molecule has 0 aliphatic heterocycles. The van der Waals surface area contributed by atoms with Gasteiger partial charge in [-0.2, -0.15) is 0 Å². The molecule has 0 aliphatic carbocycles. The van der Waals surface area contributed by atoms with E-state index in [-0.39, 0.29) is 22.3 Å². The molecule has 0 saturated heterocycles. The van der Waals surface area contributed by atoms with E-state index in [1.54, 1.807) is 0 Å². The first-order valence-electron chi connectivity index (χ1n) is 5.31. The number of halogens is 3. The lowest BCUT2D eigenvalue weighted by Crippen LogP contribution is -2.29. The van der Waals surface area contributed by atoms with Crippen molar-refractivity contribution in [2.45, 2.75) is 4.90 Å². The van der Waals surface area contributed by atoms with Crippen molar-refractivity contribution in [2.24, 2.45) is 0 Å². The Hall–Kier alpha value is -0.710. The summed E-state index contributed by atoms with van der Waals surface area (Å²) in [5, 5.41) is 2.29. The van der Waals surface area contributed by atoms with Crippen LogP contribution in [0.25, 0.3) is 0 Å². The van der Waals surface area contributed by atoms with Crippen LogP contribution in [0.5, 0.6) is 0 Å². The molecule has 1 amide bonds. The van der Waals surface area contributed by atoms with Crippen molar-refractivity contribution in [1.29, 1.82) is 0 Å². The van der Waals surface area contributed by atoms with Crippen LogP contribution < -0.4 is 5.32 Å². The molecule has 0 atom stereocenters. The highest BCUT2D eigenvalue weighted by molar-refractivity contribution is 9.10. The first-order chi connectivity index (χ1) is 9.42. The van der Waals surface area contributed by atoms with Gasteiger partial charge < -0.3 is 5.32 Å². The number of hydrogen-bond acceptors (Lipinski definition) is 5. The molecule has 1 N–H and O–H groups in total. The maximum Gasteiger partial charge on any atom is 0.264 e. The van der Waals surface area contributed by atoms with Crippen LogP contribution in [0.15, 0.2) is 21.5 Å². The fourth-order valence-electron chi connectivity index (χ4n) is 1.34. The number of sulfone groups is 1. The molecule has 118 valence electrons. The van der Waals surface area contributed by atoms with E-state index in [9.17, 15) is 26.0 Å². The number of benzene rings is 1. The molecule has 0 bridgehead atoms. The number of hydrogen-bond donors (Lipinski definition) is 1. The van der Waals surface area contributed by atoms with Gasteiger partial charge in [-0.1, -0.05) is 0 Å². The highest BCUT2D eigenvalue weighted by Crippen LogP contribution is 2.26. The Labute approximate surface area is 134 Å². The smallest absolute Gasteiger partial charge is 0.264 e. The molecule has 21 heavy (non-hydrogen) atoms. The van der Waals surface area contributed by atoms with E-state index in [4.69, 9.17) is 10.7 Å². The zero-order valence-electron chi connectivity index (χ0n) is 10.6. The molecule has 11 heteroatoms. The molecule has 0 aliphatic rings. The molecule has 0 aromatic heterocycles. The van der Waals surface area contributed by atoms with Gasteiger partial charge in [0, 0.05) is 28.0 Å². The Morgan fingerprint density at radius 1 is 1.33 bits per heavy atom. The van der Waals surface area contributed by atoms with E-state index in [1.807, 2.05) is 0 Å². The lowest BCUT2D eigenvalue weighted by Gasteiger charge is -2.08. The molecule has 6 nitrogen and oxygen atoms in total. The summed E-state index contributed by atoms with van der Waals surface area (Å²) in [7, 11) is -2.54. The monoisotopic (exact) mass is 421 g/mol. The second-order valence-corrected chi connectivity index (χ2v) is 9.73. The van der Waals surface area contributed by atoms with Crippen molar-refractivity contribution in [3.8, 4) is 0 Å². The molecule has 1 aromatic carbocycles. The minimum atomic E-state index is -4.35. The van der Waals surface area contributed by atoms with Crippen LogP contribution in [0.2, 0.25) is 0 Å².